The van der Waals surface area contributed by atoms with Crippen LogP contribution in [0.5, 0.6) is 0 Å². The van der Waals surface area contributed by atoms with Crippen molar-refractivity contribution in [3.63, 3.8) is 0 Å². The highest BCUT2D eigenvalue weighted by Gasteiger charge is 2.30. The highest BCUT2D eigenvalue weighted by molar-refractivity contribution is 7.47. The third-order valence-corrected chi connectivity index (χ3v) is 19.9. The number of rotatable bonds is 76. The molecule has 2 unspecified atom stereocenters. The van der Waals surface area contributed by atoms with Crippen molar-refractivity contribution in [2.24, 2.45) is 11.8 Å². The Morgan fingerprint density at radius 3 is 0.708 bits per heavy atom. The molecule has 0 aromatic rings. The van der Waals surface area contributed by atoms with Gasteiger partial charge in [-0.3, -0.25) is 37.3 Å². The minimum Gasteiger partial charge on any atom is -0.462 e. The van der Waals surface area contributed by atoms with Gasteiger partial charge in [-0.15, -0.1) is 0 Å². The highest BCUT2D eigenvalue weighted by atomic mass is 31.2. The van der Waals surface area contributed by atoms with Gasteiger partial charge in [0, 0.05) is 25.7 Å². The van der Waals surface area contributed by atoms with E-state index in [9.17, 15) is 43.2 Å². The molecule has 96 heavy (non-hydrogen) atoms. The van der Waals surface area contributed by atoms with Crippen molar-refractivity contribution in [3.8, 4) is 0 Å². The maximum atomic E-state index is 13.1. The van der Waals surface area contributed by atoms with Gasteiger partial charge < -0.3 is 33.8 Å². The topological polar surface area (TPSA) is 237 Å². The maximum absolute atomic E-state index is 13.1. The molecule has 0 spiro atoms. The average molecular weight is 1410 g/mol. The van der Waals surface area contributed by atoms with Crippen LogP contribution in [0.2, 0.25) is 0 Å². The number of aliphatic hydroxyl groups excluding tert-OH is 1. The Hall–Kier alpha value is -1.94. The molecule has 19 heteroatoms. The summed E-state index contributed by atoms with van der Waals surface area (Å²) in [6, 6.07) is 0. The van der Waals surface area contributed by atoms with Crippen molar-refractivity contribution < 1.29 is 80.2 Å². The molecule has 0 aliphatic carbocycles. The van der Waals surface area contributed by atoms with Gasteiger partial charge in [-0.1, -0.05) is 350 Å². The summed E-state index contributed by atoms with van der Waals surface area (Å²) in [7, 11) is -9.91. The van der Waals surface area contributed by atoms with Crippen LogP contribution >= 0.6 is 15.6 Å². The van der Waals surface area contributed by atoms with E-state index >= 15 is 0 Å². The number of hydrogen-bond donors (Lipinski definition) is 3. The normalized spacial score (nSPS) is 14.0. The fourth-order valence-corrected chi connectivity index (χ4v) is 13.4. The Balaban J connectivity index is 5.22. The molecule has 5 atom stereocenters. The zero-order valence-corrected chi connectivity index (χ0v) is 64.5. The molecular weight excluding hydrogens is 1260 g/mol. The second-order valence-electron chi connectivity index (χ2n) is 28.7. The summed E-state index contributed by atoms with van der Waals surface area (Å²) in [6.45, 7) is 9.56. The van der Waals surface area contributed by atoms with E-state index in [1.165, 1.54) is 212 Å². The van der Waals surface area contributed by atoms with Gasteiger partial charge in [-0.25, -0.2) is 9.13 Å². The smallest absolute Gasteiger partial charge is 0.462 e. The van der Waals surface area contributed by atoms with Crippen molar-refractivity contribution in [2.45, 2.75) is 419 Å². The van der Waals surface area contributed by atoms with Crippen LogP contribution in [0.4, 0.5) is 0 Å². The van der Waals surface area contributed by atoms with Crippen LogP contribution < -0.4 is 0 Å². The van der Waals surface area contributed by atoms with Gasteiger partial charge in [-0.2, -0.15) is 0 Å². The van der Waals surface area contributed by atoms with Crippen molar-refractivity contribution >= 4 is 39.5 Å². The summed E-state index contributed by atoms with van der Waals surface area (Å²) in [5.74, 6) is -0.625. The van der Waals surface area contributed by atoms with E-state index in [1.807, 2.05) is 0 Å². The summed E-state index contributed by atoms with van der Waals surface area (Å²) in [6.07, 6.45) is 57.0. The fraction of sp³-hybridized carbons (Fsp3) is 0.948. The molecule has 17 nitrogen and oxygen atoms in total. The van der Waals surface area contributed by atoms with Crippen molar-refractivity contribution in [2.75, 3.05) is 39.6 Å². The molecule has 0 bridgehead atoms. The SMILES string of the molecule is CCCCCCCCCCCCCCCCC(=O)OC[C@H](COP(=O)(O)OC[C@@H](O)COP(=O)(O)OC[C@@H](COC(=O)CCCCCCCCC(C)C)OC(=O)CCCCCCCCCCCCCCCC)OC(=O)CCCCCCCCCCCCCCCCCCC(C)C. The van der Waals surface area contributed by atoms with Crippen LogP contribution in [-0.2, 0) is 65.4 Å². The number of phosphoric ester groups is 2. The van der Waals surface area contributed by atoms with Gasteiger partial charge in [0.05, 0.1) is 26.4 Å². The molecule has 0 amide bonds. The average Bonchev–Trinajstić information content (AvgIpc) is 1.91. The second kappa shape index (κ2) is 68.8. The number of ether oxygens (including phenoxy) is 4. The van der Waals surface area contributed by atoms with E-state index in [-0.39, 0.29) is 25.7 Å². The Morgan fingerprint density at radius 1 is 0.281 bits per heavy atom. The third kappa shape index (κ3) is 70.5. The summed E-state index contributed by atoms with van der Waals surface area (Å²) >= 11 is 0. The van der Waals surface area contributed by atoms with Crippen LogP contribution in [0.15, 0.2) is 0 Å². The molecule has 0 fully saturated rings. The Labute approximate surface area is 588 Å². The van der Waals surface area contributed by atoms with Crippen LogP contribution in [0.1, 0.15) is 401 Å². The molecule has 0 heterocycles. The molecule has 0 aromatic carbocycles. The van der Waals surface area contributed by atoms with Crippen LogP contribution in [0, 0.1) is 11.8 Å². The molecule has 3 N–H and O–H groups in total. The first-order chi connectivity index (χ1) is 46.4. The highest BCUT2D eigenvalue weighted by Crippen LogP contribution is 2.45. The summed E-state index contributed by atoms with van der Waals surface area (Å²) < 4.78 is 68.5. The number of esters is 4. The van der Waals surface area contributed by atoms with Gasteiger partial charge >= 0.3 is 39.5 Å². The van der Waals surface area contributed by atoms with Crippen molar-refractivity contribution in [1.82, 2.24) is 0 Å². The van der Waals surface area contributed by atoms with E-state index in [2.05, 4.69) is 41.5 Å². The van der Waals surface area contributed by atoms with Gasteiger partial charge in [0.25, 0.3) is 0 Å². The fourth-order valence-electron chi connectivity index (χ4n) is 11.8. The van der Waals surface area contributed by atoms with E-state index in [4.69, 9.17) is 37.0 Å². The molecule has 570 valence electrons. The lowest BCUT2D eigenvalue weighted by atomic mass is 10.0. The van der Waals surface area contributed by atoms with E-state index in [0.29, 0.717) is 31.6 Å². The number of phosphoric acid groups is 2. The summed E-state index contributed by atoms with van der Waals surface area (Å²) in [5, 5.41) is 10.6. The van der Waals surface area contributed by atoms with Crippen LogP contribution in [-0.4, -0.2) is 96.7 Å². The minimum atomic E-state index is -4.96. The molecule has 0 rings (SSSR count). The number of carbonyl (C=O) groups is 4. The van der Waals surface area contributed by atoms with E-state index in [0.717, 1.165) is 102 Å². The quantitative estimate of drug-likeness (QED) is 0.0222. The van der Waals surface area contributed by atoms with E-state index < -0.39 is 97.5 Å². The molecule has 0 saturated carbocycles. The standard InChI is InChI=1S/C77H150O17P2/c1-7-9-11-13-15-17-19-21-28-32-36-40-47-53-59-74(79)87-65-72(93-76(81)62-56-50-42-38-34-30-26-24-23-25-27-31-35-39-45-51-57-69(3)4)67-91-95(83,84)89-63-71(78)64-90-96(85,86)92-68-73(66-88-75(80)60-54-48-44-43-46-52-58-70(5)6)94-77(82)61-55-49-41-37-33-29-22-20-18-16-14-12-10-8-2/h69-73,78H,7-68H2,1-6H3,(H,83,84)(H,85,86)/t71-,72-,73-/m1/s1. The van der Waals surface area contributed by atoms with Crippen molar-refractivity contribution in [3.05, 3.63) is 0 Å². The lowest BCUT2D eigenvalue weighted by Crippen LogP contribution is -2.30. The predicted molar refractivity (Wildman–Crippen MR) is 391 cm³/mol. The Bertz CT molecular complexity index is 1860. The Morgan fingerprint density at radius 2 is 0.479 bits per heavy atom. The van der Waals surface area contributed by atoms with Crippen LogP contribution in [0.25, 0.3) is 0 Å². The van der Waals surface area contributed by atoms with Gasteiger partial charge in [0.15, 0.2) is 12.2 Å². The van der Waals surface area contributed by atoms with Gasteiger partial charge in [0.1, 0.15) is 19.3 Å². The summed E-state index contributed by atoms with van der Waals surface area (Å²) in [5.41, 5.74) is 0. The Kier molecular flexibility index (Phi) is 67.4. The van der Waals surface area contributed by atoms with Gasteiger partial charge in [-0.05, 0) is 37.5 Å². The predicted octanol–water partition coefficient (Wildman–Crippen LogP) is 22.7. The molecule has 0 aliphatic rings. The first kappa shape index (κ1) is 94.1. The largest absolute Gasteiger partial charge is 0.472 e. The van der Waals surface area contributed by atoms with Crippen LogP contribution in [0.3, 0.4) is 0 Å². The summed E-state index contributed by atoms with van der Waals surface area (Å²) in [4.78, 5) is 72.8. The minimum absolute atomic E-state index is 0.107. The first-order valence-electron chi connectivity index (χ1n) is 40.0. The lowest BCUT2D eigenvalue weighted by Gasteiger charge is -2.21. The molecule has 0 saturated heterocycles. The maximum Gasteiger partial charge on any atom is 0.472 e. The number of hydrogen-bond acceptors (Lipinski definition) is 15. The molecular formula is C77H150O17P2. The second-order valence-corrected chi connectivity index (χ2v) is 31.6. The number of carbonyl (C=O) groups excluding carboxylic acids is 4. The number of aliphatic hydroxyl groups is 1. The molecule has 0 aromatic heterocycles. The van der Waals surface area contributed by atoms with Gasteiger partial charge in [0.2, 0.25) is 0 Å². The molecule has 0 aliphatic heterocycles. The first-order valence-corrected chi connectivity index (χ1v) is 43.0. The molecule has 0 radical (unpaired) electrons. The zero-order valence-electron chi connectivity index (χ0n) is 62.7. The number of unbranched alkanes of at least 4 members (excludes halogenated alkanes) is 46. The van der Waals surface area contributed by atoms with E-state index in [1.54, 1.807) is 0 Å². The zero-order chi connectivity index (χ0) is 70.7. The third-order valence-electron chi connectivity index (χ3n) is 18.0. The van der Waals surface area contributed by atoms with Crippen molar-refractivity contribution in [1.29, 1.82) is 0 Å². The lowest BCUT2D eigenvalue weighted by molar-refractivity contribution is -0.161. The monoisotopic (exact) mass is 1410 g/mol.